The second-order valence-electron chi connectivity index (χ2n) is 4.33. The van der Waals surface area contributed by atoms with Crippen LogP contribution in [-0.4, -0.2) is 32.1 Å². The fourth-order valence-corrected chi connectivity index (χ4v) is 2.02. The molecule has 102 valence electrons. The van der Waals surface area contributed by atoms with Crippen molar-refractivity contribution in [2.24, 2.45) is 0 Å². The molecule has 0 spiro atoms. The molecule has 0 aliphatic heterocycles. The van der Waals surface area contributed by atoms with Crippen LogP contribution >= 0.6 is 0 Å². The highest BCUT2D eigenvalue weighted by atomic mass is 16.4. The maximum atomic E-state index is 11.3. The van der Waals surface area contributed by atoms with Gasteiger partial charge in [-0.05, 0) is 37.1 Å². The number of hydrogen-bond donors (Lipinski definition) is 2. The predicted octanol–water partition coefficient (Wildman–Crippen LogP) is 2.16. The van der Waals surface area contributed by atoms with Gasteiger partial charge in [0.15, 0.2) is 0 Å². The number of carbonyl (C=O) groups is 2. The fraction of sp³-hybridized carbons (Fsp3) is 0.143. The highest BCUT2D eigenvalue weighted by Gasteiger charge is 2.17. The smallest absolute Gasteiger partial charge is 0.336 e. The number of aromatic carboxylic acids is 2. The van der Waals surface area contributed by atoms with Gasteiger partial charge in [0.2, 0.25) is 0 Å². The van der Waals surface area contributed by atoms with E-state index in [1.807, 2.05) is 0 Å². The van der Waals surface area contributed by atoms with Gasteiger partial charge in [-0.15, -0.1) is 0 Å². The Bertz CT molecular complexity index is 710. The van der Waals surface area contributed by atoms with E-state index in [1.54, 1.807) is 13.8 Å². The van der Waals surface area contributed by atoms with Crippen LogP contribution in [-0.2, 0) is 0 Å². The number of nitrogens with zero attached hydrogens (tertiary/aromatic N) is 2. The molecule has 0 radical (unpaired) electrons. The van der Waals surface area contributed by atoms with Crippen LogP contribution < -0.4 is 0 Å². The first kappa shape index (κ1) is 13.7. The summed E-state index contributed by atoms with van der Waals surface area (Å²) in [7, 11) is 0. The van der Waals surface area contributed by atoms with E-state index in [1.165, 1.54) is 24.5 Å². The molecule has 0 saturated heterocycles. The van der Waals surface area contributed by atoms with E-state index in [0.717, 1.165) is 0 Å². The number of rotatable bonds is 3. The second kappa shape index (κ2) is 5.08. The van der Waals surface area contributed by atoms with E-state index in [-0.39, 0.29) is 11.1 Å². The number of hydrogen-bond acceptors (Lipinski definition) is 4. The van der Waals surface area contributed by atoms with Crippen LogP contribution in [0.25, 0.3) is 11.4 Å². The lowest BCUT2D eigenvalue weighted by Crippen LogP contribution is -2.07. The normalized spacial score (nSPS) is 10.3. The van der Waals surface area contributed by atoms with Crippen LogP contribution in [0.1, 0.15) is 31.8 Å². The van der Waals surface area contributed by atoms with Crippen LogP contribution in [0.15, 0.2) is 24.5 Å². The lowest BCUT2D eigenvalue weighted by molar-refractivity contribution is 0.0685. The van der Waals surface area contributed by atoms with Crippen LogP contribution in [0.4, 0.5) is 0 Å². The Morgan fingerprint density at radius 3 is 2.40 bits per heavy atom. The van der Waals surface area contributed by atoms with Crippen LogP contribution in [0, 0.1) is 13.8 Å². The Hall–Kier alpha value is -2.76. The molecule has 6 nitrogen and oxygen atoms in total. The summed E-state index contributed by atoms with van der Waals surface area (Å²) >= 11 is 0. The molecule has 20 heavy (non-hydrogen) atoms. The maximum Gasteiger partial charge on any atom is 0.336 e. The van der Waals surface area contributed by atoms with Crippen LogP contribution in [0.3, 0.4) is 0 Å². The Morgan fingerprint density at radius 1 is 1.10 bits per heavy atom. The Kier molecular flexibility index (Phi) is 3.47. The van der Waals surface area contributed by atoms with E-state index in [4.69, 9.17) is 5.11 Å². The van der Waals surface area contributed by atoms with Gasteiger partial charge >= 0.3 is 11.9 Å². The molecule has 6 heteroatoms. The van der Waals surface area contributed by atoms with Crippen molar-refractivity contribution < 1.29 is 19.8 Å². The topological polar surface area (TPSA) is 100 Å². The van der Waals surface area contributed by atoms with E-state index >= 15 is 0 Å². The largest absolute Gasteiger partial charge is 0.478 e. The van der Waals surface area contributed by atoms with Gasteiger partial charge in [-0.3, -0.25) is 9.97 Å². The highest BCUT2D eigenvalue weighted by molar-refractivity contribution is 5.93. The molecule has 0 aliphatic rings. The van der Waals surface area contributed by atoms with E-state index in [0.29, 0.717) is 22.5 Å². The van der Waals surface area contributed by atoms with Gasteiger partial charge in [0.1, 0.15) is 0 Å². The summed E-state index contributed by atoms with van der Waals surface area (Å²) in [6, 6.07) is 2.74. The van der Waals surface area contributed by atoms with Gasteiger partial charge in [-0.1, -0.05) is 0 Å². The molecule has 2 aromatic heterocycles. The SMILES string of the molecule is Cc1cnc(-c2cc(C(=O)O)ccn2)c(C)c1C(=O)O. The number of carboxylic acids is 2. The first-order chi connectivity index (χ1) is 9.41. The molecule has 0 fully saturated rings. The molecule has 0 bridgehead atoms. The monoisotopic (exact) mass is 272 g/mol. The minimum Gasteiger partial charge on any atom is -0.478 e. The van der Waals surface area contributed by atoms with Crippen LogP contribution in [0.2, 0.25) is 0 Å². The summed E-state index contributed by atoms with van der Waals surface area (Å²) in [6.07, 6.45) is 2.81. The van der Waals surface area contributed by atoms with Gasteiger partial charge in [0.05, 0.1) is 22.5 Å². The summed E-state index contributed by atoms with van der Waals surface area (Å²) < 4.78 is 0. The lowest BCUT2D eigenvalue weighted by atomic mass is 10.0. The van der Waals surface area contributed by atoms with Gasteiger partial charge in [-0.25, -0.2) is 9.59 Å². The van der Waals surface area contributed by atoms with Crippen molar-refractivity contribution in [1.82, 2.24) is 9.97 Å². The molecule has 0 aliphatic carbocycles. The first-order valence-electron chi connectivity index (χ1n) is 5.81. The van der Waals surface area contributed by atoms with Crippen molar-refractivity contribution in [3.8, 4) is 11.4 Å². The third-order valence-corrected chi connectivity index (χ3v) is 2.98. The Morgan fingerprint density at radius 2 is 1.80 bits per heavy atom. The lowest BCUT2D eigenvalue weighted by Gasteiger charge is -2.10. The number of aromatic nitrogens is 2. The molecule has 2 rings (SSSR count). The predicted molar refractivity (Wildman–Crippen MR) is 70.9 cm³/mol. The summed E-state index contributed by atoms with van der Waals surface area (Å²) in [4.78, 5) is 30.5. The quantitative estimate of drug-likeness (QED) is 0.887. The molecule has 2 N–H and O–H groups in total. The van der Waals surface area contributed by atoms with Crippen molar-refractivity contribution in [2.45, 2.75) is 13.8 Å². The summed E-state index contributed by atoms with van der Waals surface area (Å²) in [5.74, 6) is -2.12. The van der Waals surface area contributed by atoms with E-state index in [9.17, 15) is 14.7 Å². The summed E-state index contributed by atoms with van der Waals surface area (Å²) in [6.45, 7) is 3.29. The average Bonchev–Trinajstić information content (AvgIpc) is 2.38. The number of carboxylic acid groups (broad SMARTS) is 2. The average molecular weight is 272 g/mol. The zero-order valence-electron chi connectivity index (χ0n) is 10.9. The Balaban J connectivity index is 2.65. The van der Waals surface area contributed by atoms with E-state index in [2.05, 4.69) is 9.97 Å². The maximum absolute atomic E-state index is 11.3. The molecular weight excluding hydrogens is 260 g/mol. The molecule has 0 saturated carbocycles. The molecule has 2 aromatic rings. The first-order valence-corrected chi connectivity index (χ1v) is 5.81. The van der Waals surface area contributed by atoms with Gasteiger partial charge in [-0.2, -0.15) is 0 Å². The van der Waals surface area contributed by atoms with Gasteiger partial charge < -0.3 is 10.2 Å². The van der Waals surface area contributed by atoms with Crippen molar-refractivity contribution in [3.63, 3.8) is 0 Å². The Labute approximate surface area is 114 Å². The highest BCUT2D eigenvalue weighted by Crippen LogP contribution is 2.24. The molecule has 0 atom stereocenters. The van der Waals surface area contributed by atoms with Gasteiger partial charge in [0.25, 0.3) is 0 Å². The second-order valence-corrected chi connectivity index (χ2v) is 4.33. The summed E-state index contributed by atoms with van der Waals surface area (Å²) in [5, 5.41) is 18.2. The number of aryl methyl sites for hydroxylation is 1. The van der Waals surface area contributed by atoms with Crippen LogP contribution in [0.5, 0.6) is 0 Å². The minimum atomic E-state index is -1.07. The zero-order valence-corrected chi connectivity index (χ0v) is 10.9. The van der Waals surface area contributed by atoms with Crippen molar-refractivity contribution in [3.05, 3.63) is 46.8 Å². The third kappa shape index (κ3) is 2.35. The fourth-order valence-electron chi connectivity index (χ4n) is 2.02. The molecule has 2 heterocycles. The standard InChI is InChI=1S/C14H12N2O4/c1-7-6-16-12(8(2)11(7)14(19)20)10-5-9(13(17)18)3-4-15-10/h3-6H,1-2H3,(H,17,18)(H,19,20). The van der Waals surface area contributed by atoms with E-state index < -0.39 is 11.9 Å². The van der Waals surface area contributed by atoms with Crippen molar-refractivity contribution in [2.75, 3.05) is 0 Å². The molecule has 0 unspecified atom stereocenters. The molecule has 0 amide bonds. The third-order valence-electron chi connectivity index (χ3n) is 2.98. The summed E-state index contributed by atoms with van der Waals surface area (Å²) in [5.41, 5.74) is 1.97. The number of pyridine rings is 2. The van der Waals surface area contributed by atoms with Gasteiger partial charge in [0, 0.05) is 12.4 Å². The zero-order chi connectivity index (χ0) is 14.9. The van der Waals surface area contributed by atoms with Crippen molar-refractivity contribution >= 4 is 11.9 Å². The molecular formula is C14H12N2O4. The van der Waals surface area contributed by atoms with Crippen molar-refractivity contribution in [1.29, 1.82) is 0 Å². The molecule has 0 aromatic carbocycles. The minimum absolute atomic E-state index is 0.0775.